The highest BCUT2D eigenvalue weighted by Gasteiger charge is 2.09. The van der Waals surface area contributed by atoms with Gasteiger partial charge in [0.15, 0.2) is 5.78 Å². The molecule has 0 saturated carbocycles. The van der Waals surface area contributed by atoms with Gasteiger partial charge in [0.25, 0.3) is 0 Å². The number of ether oxygens (including phenoxy) is 1. The van der Waals surface area contributed by atoms with Gasteiger partial charge >= 0.3 is 0 Å². The van der Waals surface area contributed by atoms with E-state index in [0.717, 1.165) is 4.47 Å². The first-order chi connectivity index (χ1) is 7.00. The lowest BCUT2D eigenvalue weighted by Gasteiger charge is -2.08. The maximum absolute atomic E-state index is 11.3. The Morgan fingerprint density at radius 1 is 1.53 bits per heavy atom. The van der Waals surface area contributed by atoms with E-state index < -0.39 is 0 Å². The summed E-state index contributed by atoms with van der Waals surface area (Å²) < 4.78 is 6.20. The van der Waals surface area contributed by atoms with Gasteiger partial charge in [-0.25, -0.2) is 0 Å². The van der Waals surface area contributed by atoms with Gasteiger partial charge in [-0.2, -0.15) is 0 Å². The van der Waals surface area contributed by atoms with Crippen LogP contribution in [0.5, 0.6) is 5.75 Å². The van der Waals surface area contributed by atoms with Crippen LogP contribution in [0.15, 0.2) is 22.7 Å². The van der Waals surface area contributed by atoms with E-state index in [1.807, 2.05) is 19.9 Å². The summed E-state index contributed by atoms with van der Waals surface area (Å²) in [4.78, 5) is 11.3. The van der Waals surface area contributed by atoms with Crippen LogP contribution in [0.2, 0.25) is 5.02 Å². The molecule has 0 spiro atoms. The van der Waals surface area contributed by atoms with E-state index in [9.17, 15) is 4.79 Å². The molecule has 0 unspecified atom stereocenters. The van der Waals surface area contributed by atoms with Crippen LogP contribution in [-0.4, -0.2) is 12.4 Å². The maximum Gasteiger partial charge on any atom is 0.172 e. The molecule has 1 rings (SSSR count). The van der Waals surface area contributed by atoms with Gasteiger partial charge in [0.05, 0.1) is 5.02 Å². The lowest BCUT2D eigenvalue weighted by molar-refractivity contribution is -0.123. The minimum atomic E-state index is -0.0146. The second-order valence-corrected chi connectivity index (χ2v) is 4.81. The molecule has 0 heterocycles. The summed E-state index contributed by atoms with van der Waals surface area (Å²) in [6.45, 7) is 3.75. The Hall–Kier alpha value is -0.540. The zero-order chi connectivity index (χ0) is 11.4. The highest BCUT2D eigenvalue weighted by atomic mass is 79.9. The largest absolute Gasteiger partial charge is 0.484 e. The molecule has 82 valence electrons. The van der Waals surface area contributed by atoms with Crippen molar-refractivity contribution in [2.45, 2.75) is 13.8 Å². The Balaban J connectivity index is 2.62. The number of rotatable bonds is 4. The topological polar surface area (TPSA) is 26.3 Å². The van der Waals surface area contributed by atoms with Crippen LogP contribution in [0.3, 0.4) is 0 Å². The van der Waals surface area contributed by atoms with Crippen LogP contribution in [0.4, 0.5) is 0 Å². The van der Waals surface area contributed by atoms with Crippen molar-refractivity contribution in [1.82, 2.24) is 0 Å². The fourth-order valence-electron chi connectivity index (χ4n) is 0.908. The average molecular weight is 292 g/mol. The number of carbonyl (C=O) groups excluding carboxylic acids is 1. The van der Waals surface area contributed by atoms with Crippen LogP contribution >= 0.6 is 27.5 Å². The second-order valence-electron chi connectivity index (χ2n) is 3.48. The van der Waals surface area contributed by atoms with Crippen LogP contribution in [0, 0.1) is 5.92 Å². The quantitative estimate of drug-likeness (QED) is 0.845. The van der Waals surface area contributed by atoms with Gasteiger partial charge in [-0.05, 0) is 18.2 Å². The molecule has 15 heavy (non-hydrogen) atoms. The van der Waals surface area contributed by atoms with Crippen LogP contribution in [0.1, 0.15) is 13.8 Å². The van der Waals surface area contributed by atoms with Gasteiger partial charge in [0.1, 0.15) is 12.4 Å². The van der Waals surface area contributed by atoms with Gasteiger partial charge in [-0.3, -0.25) is 4.79 Å². The van der Waals surface area contributed by atoms with Crippen molar-refractivity contribution in [1.29, 1.82) is 0 Å². The van der Waals surface area contributed by atoms with Crippen LogP contribution < -0.4 is 4.74 Å². The molecule has 0 saturated heterocycles. The number of hydrogen-bond acceptors (Lipinski definition) is 2. The van der Waals surface area contributed by atoms with Crippen molar-refractivity contribution in [3.8, 4) is 5.75 Å². The fraction of sp³-hybridized carbons (Fsp3) is 0.364. The van der Waals surface area contributed by atoms with E-state index >= 15 is 0 Å². The smallest absolute Gasteiger partial charge is 0.172 e. The zero-order valence-electron chi connectivity index (χ0n) is 8.59. The predicted octanol–water partition coefficient (Wildman–Crippen LogP) is 3.71. The molecule has 0 fully saturated rings. The van der Waals surface area contributed by atoms with Gasteiger partial charge in [0.2, 0.25) is 0 Å². The highest BCUT2D eigenvalue weighted by molar-refractivity contribution is 9.10. The number of carbonyl (C=O) groups is 1. The van der Waals surface area contributed by atoms with E-state index in [1.54, 1.807) is 12.1 Å². The van der Waals surface area contributed by atoms with E-state index in [2.05, 4.69) is 15.9 Å². The monoisotopic (exact) mass is 290 g/mol. The molecule has 0 amide bonds. The van der Waals surface area contributed by atoms with E-state index in [4.69, 9.17) is 16.3 Å². The van der Waals surface area contributed by atoms with Crippen LogP contribution in [-0.2, 0) is 4.79 Å². The first kappa shape index (κ1) is 12.5. The van der Waals surface area contributed by atoms with Crippen molar-refractivity contribution < 1.29 is 9.53 Å². The molecular formula is C11H12BrClO2. The molecule has 0 aliphatic carbocycles. The van der Waals surface area contributed by atoms with Gasteiger partial charge in [-0.1, -0.05) is 41.4 Å². The molecule has 1 aromatic rings. The predicted molar refractivity (Wildman–Crippen MR) is 64.5 cm³/mol. The summed E-state index contributed by atoms with van der Waals surface area (Å²) in [5.41, 5.74) is 0. The highest BCUT2D eigenvalue weighted by Crippen LogP contribution is 2.27. The molecule has 0 atom stereocenters. The number of ketones is 1. The molecule has 0 aliphatic rings. The van der Waals surface area contributed by atoms with E-state index in [0.29, 0.717) is 10.8 Å². The zero-order valence-corrected chi connectivity index (χ0v) is 10.9. The Morgan fingerprint density at radius 2 is 2.20 bits per heavy atom. The van der Waals surface area contributed by atoms with Crippen LogP contribution in [0.25, 0.3) is 0 Å². The van der Waals surface area contributed by atoms with E-state index in [1.165, 1.54) is 0 Å². The lowest BCUT2D eigenvalue weighted by Crippen LogP contribution is -2.16. The molecule has 0 N–H and O–H groups in total. The minimum absolute atomic E-state index is 0.0146. The molecule has 0 bridgehead atoms. The first-order valence-electron chi connectivity index (χ1n) is 4.61. The first-order valence-corrected chi connectivity index (χ1v) is 5.78. The molecule has 4 heteroatoms. The van der Waals surface area contributed by atoms with Crippen molar-refractivity contribution in [3.05, 3.63) is 27.7 Å². The van der Waals surface area contributed by atoms with Crippen molar-refractivity contribution in [2.24, 2.45) is 5.92 Å². The Kier molecular flexibility index (Phi) is 4.61. The average Bonchev–Trinajstić information content (AvgIpc) is 2.15. The van der Waals surface area contributed by atoms with Crippen molar-refractivity contribution >= 4 is 33.3 Å². The summed E-state index contributed by atoms with van der Waals surface area (Å²) in [6, 6.07) is 5.29. The SMILES string of the molecule is CC(C)C(=O)COc1ccc(Br)cc1Cl. The van der Waals surface area contributed by atoms with E-state index in [-0.39, 0.29) is 18.3 Å². The van der Waals surface area contributed by atoms with Crippen molar-refractivity contribution in [3.63, 3.8) is 0 Å². The lowest BCUT2D eigenvalue weighted by atomic mass is 10.1. The van der Waals surface area contributed by atoms with Gasteiger partial charge < -0.3 is 4.74 Å². The molecule has 0 aliphatic heterocycles. The summed E-state index contributed by atoms with van der Waals surface area (Å²) in [5, 5.41) is 0.501. The summed E-state index contributed by atoms with van der Waals surface area (Å²) in [5.74, 6) is 0.585. The Bertz CT molecular complexity index is 364. The minimum Gasteiger partial charge on any atom is -0.484 e. The number of benzene rings is 1. The summed E-state index contributed by atoms with van der Waals surface area (Å²) >= 11 is 9.22. The number of Topliss-reactive ketones (excluding diaryl/α,β-unsaturated/α-hetero) is 1. The second kappa shape index (κ2) is 5.52. The van der Waals surface area contributed by atoms with Crippen molar-refractivity contribution in [2.75, 3.05) is 6.61 Å². The normalized spacial score (nSPS) is 10.5. The Morgan fingerprint density at radius 3 is 2.73 bits per heavy atom. The number of hydrogen-bond donors (Lipinski definition) is 0. The molecule has 0 radical (unpaired) electrons. The third kappa shape index (κ3) is 3.84. The number of halogens is 2. The molecule has 2 nitrogen and oxygen atoms in total. The van der Waals surface area contributed by atoms with Gasteiger partial charge in [0, 0.05) is 10.4 Å². The molecule has 1 aromatic carbocycles. The third-order valence-electron chi connectivity index (χ3n) is 1.91. The molecular weight excluding hydrogens is 279 g/mol. The van der Waals surface area contributed by atoms with Gasteiger partial charge in [-0.15, -0.1) is 0 Å². The third-order valence-corrected chi connectivity index (χ3v) is 2.70. The molecule has 0 aromatic heterocycles. The standard InChI is InChI=1S/C11H12BrClO2/c1-7(2)10(14)6-15-11-4-3-8(12)5-9(11)13/h3-5,7H,6H2,1-2H3. The Labute approximate surface area is 103 Å². The summed E-state index contributed by atoms with van der Waals surface area (Å²) in [7, 11) is 0. The maximum atomic E-state index is 11.3. The summed E-state index contributed by atoms with van der Waals surface area (Å²) in [6.07, 6.45) is 0. The fourth-order valence-corrected chi connectivity index (χ4v) is 1.64.